The predicted molar refractivity (Wildman–Crippen MR) is 143 cm³/mol. The molecule has 6 rings (SSSR count). The highest BCUT2D eigenvalue weighted by Crippen LogP contribution is 2.45. The fraction of sp³-hybridized carbons (Fsp3) is 0. The van der Waals surface area contributed by atoms with Gasteiger partial charge in [0.05, 0.1) is 0 Å². The molecule has 0 fully saturated rings. The first-order valence-electron chi connectivity index (χ1n) is 10.6. The highest BCUT2D eigenvalue weighted by atomic mass is 79.9. The van der Waals surface area contributed by atoms with Gasteiger partial charge < -0.3 is 0 Å². The van der Waals surface area contributed by atoms with E-state index >= 15 is 0 Å². The Balaban J connectivity index is 1.58. The molecule has 1 aromatic heterocycles. The summed E-state index contributed by atoms with van der Waals surface area (Å²) >= 11 is 5.64. The summed E-state index contributed by atoms with van der Waals surface area (Å²) in [6, 6.07) is 41.3. The van der Waals surface area contributed by atoms with Crippen LogP contribution in [0.5, 0.6) is 0 Å². The lowest BCUT2D eigenvalue weighted by molar-refractivity contribution is 1.61. The monoisotopic (exact) mass is 490 g/mol. The second kappa shape index (κ2) is 8.05. The average Bonchev–Trinajstić information content (AvgIpc) is 3.24. The minimum absolute atomic E-state index is 1.13. The van der Waals surface area contributed by atoms with E-state index in [1.54, 1.807) is 0 Å². The van der Waals surface area contributed by atoms with Gasteiger partial charge in [-0.3, -0.25) is 0 Å². The zero-order valence-electron chi connectivity index (χ0n) is 17.3. The molecule has 0 unspecified atom stereocenters. The van der Waals surface area contributed by atoms with Crippen LogP contribution in [0.1, 0.15) is 0 Å². The molecule has 152 valence electrons. The van der Waals surface area contributed by atoms with Gasteiger partial charge in [0, 0.05) is 30.2 Å². The van der Waals surface area contributed by atoms with Gasteiger partial charge in [-0.05, 0) is 39.9 Å². The minimum Gasteiger partial charge on any atom is -0.134 e. The van der Waals surface area contributed by atoms with E-state index in [1.165, 1.54) is 53.6 Å². The number of halogens is 1. The van der Waals surface area contributed by atoms with Crippen LogP contribution in [0.4, 0.5) is 0 Å². The SMILES string of the molecule is Brc1ccccc1-c1cccc2c1sc1c(-c3cccc(-c4ccccc4)c3)cccc12. The number of rotatable bonds is 3. The molecule has 0 atom stereocenters. The van der Waals surface area contributed by atoms with E-state index in [2.05, 4.69) is 131 Å². The van der Waals surface area contributed by atoms with Crippen molar-refractivity contribution in [3.05, 3.63) is 120 Å². The molecule has 0 saturated carbocycles. The number of hydrogen-bond donors (Lipinski definition) is 0. The Morgan fingerprint density at radius 3 is 1.78 bits per heavy atom. The van der Waals surface area contributed by atoms with Gasteiger partial charge in [-0.2, -0.15) is 0 Å². The lowest BCUT2D eigenvalue weighted by Crippen LogP contribution is -1.81. The molecule has 0 saturated heterocycles. The maximum absolute atomic E-state index is 3.75. The molecule has 32 heavy (non-hydrogen) atoms. The van der Waals surface area contributed by atoms with Crippen LogP contribution in [0.3, 0.4) is 0 Å². The Kier molecular flexibility index (Phi) is 4.90. The van der Waals surface area contributed by atoms with Crippen LogP contribution in [-0.4, -0.2) is 0 Å². The third-order valence-corrected chi connectivity index (χ3v) is 7.95. The first-order chi connectivity index (χ1) is 15.8. The summed E-state index contributed by atoms with van der Waals surface area (Å²) in [5, 5.41) is 2.64. The number of benzene rings is 5. The second-order valence-electron chi connectivity index (χ2n) is 7.89. The third kappa shape index (κ3) is 3.28. The molecule has 5 aromatic carbocycles. The summed E-state index contributed by atoms with van der Waals surface area (Å²) < 4.78 is 3.80. The van der Waals surface area contributed by atoms with Crippen molar-refractivity contribution in [1.29, 1.82) is 0 Å². The summed E-state index contributed by atoms with van der Waals surface area (Å²) in [4.78, 5) is 0. The van der Waals surface area contributed by atoms with Crippen LogP contribution >= 0.6 is 27.3 Å². The molecule has 0 radical (unpaired) electrons. The van der Waals surface area contributed by atoms with E-state index in [-0.39, 0.29) is 0 Å². The van der Waals surface area contributed by atoms with Crippen LogP contribution in [0.15, 0.2) is 120 Å². The standard InChI is InChI=1S/C30H19BrS/c31-28-18-5-4-13-24(28)25-15-8-17-27-26-16-7-14-23(29(26)32-30(25)27)22-12-6-11-21(19-22)20-9-2-1-3-10-20/h1-19H. The maximum Gasteiger partial charge on any atom is 0.0434 e. The van der Waals surface area contributed by atoms with E-state index in [0.29, 0.717) is 0 Å². The Bertz CT molecular complexity index is 1580. The maximum atomic E-state index is 3.75. The van der Waals surface area contributed by atoms with Gasteiger partial charge in [0.1, 0.15) is 0 Å². The Labute approximate surface area is 199 Å². The molecule has 1 heterocycles. The highest BCUT2D eigenvalue weighted by molar-refractivity contribution is 9.10. The predicted octanol–water partition coefficient (Wildman–Crippen LogP) is 9.82. The summed E-state index contributed by atoms with van der Waals surface area (Å²) in [5.74, 6) is 0. The van der Waals surface area contributed by atoms with Gasteiger partial charge in [-0.15, -0.1) is 11.3 Å². The highest BCUT2D eigenvalue weighted by Gasteiger charge is 2.15. The molecule has 2 heteroatoms. The molecule has 0 aliphatic rings. The van der Waals surface area contributed by atoms with Gasteiger partial charge in [0.2, 0.25) is 0 Å². The van der Waals surface area contributed by atoms with Crippen LogP contribution in [0.2, 0.25) is 0 Å². The number of hydrogen-bond acceptors (Lipinski definition) is 1. The van der Waals surface area contributed by atoms with E-state index in [9.17, 15) is 0 Å². The van der Waals surface area contributed by atoms with Crippen LogP contribution in [-0.2, 0) is 0 Å². The van der Waals surface area contributed by atoms with Gasteiger partial charge in [0.25, 0.3) is 0 Å². The molecule has 0 aliphatic carbocycles. The molecular formula is C30H19BrS. The fourth-order valence-electron chi connectivity index (χ4n) is 4.44. The molecular weight excluding hydrogens is 472 g/mol. The van der Waals surface area contributed by atoms with Gasteiger partial charge in [-0.25, -0.2) is 0 Å². The zero-order chi connectivity index (χ0) is 21.5. The van der Waals surface area contributed by atoms with Crippen molar-refractivity contribution in [2.24, 2.45) is 0 Å². The second-order valence-corrected chi connectivity index (χ2v) is 9.77. The minimum atomic E-state index is 1.13. The van der Waals surface area contributed by atoms with Crippen molar-refractivity contribution in [1.82, 2.24) is 0 Å². The zero-order valence-corrected chi connectivity index (χ0v) is 19.7. The van der Waals surface area contributed by atoms with Gasteiger partial charge >= 0.3 is 0 Å². The topological polar surface area (TPSA) is 0 Å². The lowest BCUT2D eigenvalue weighted by Gasteiger charge is -2.07. The molecule has 0 spiro atoms. The van der Waals surface area contributed by atoms with Crippen molar-refractivity contribution in [2.45, 2.75) is 0 Å². The molecule has 0 amide bonds. The average molecular weight is 491 g/mol. The summed E-state index contributed by atoms with van der Waals surface area (Å²) in [6.07, 6.45) is 0. The van der Waals surface area contributed by atoms with E-state index in [1.807, 2.05) is 11.3 Å². The summed E-state index contributed by atoms with van der Waals surface area (Å²) in [5.41, 5.74) is 7.55. The first kappa shape index (κ1) is 19.5. The Morgan fingerprint density at radius 2 is 1.00 bits per heavy atom. The van der Waals surface area contributed by atoms with E-state index < -0.39 is 0 Å². The summed E-state index contributed by atoms with van der Waals surface area (Å²) in [6.45, 7) is 0. The van der Waals surface area contributed by atoms with Crippen molar-refractivity contribution in [2.75, 3.05) is 0 Å². The Hall–Kier alpha value is -3.20. The fourth-order valence-corrected chi connectivity index (χ4v) is 6.30. The molecule has 0 N–H and O–H groups in total. The van der Waals surface area contributed by atoms with Crippen molar-refractivity contribution in [3.63, 3.8) is 0 Å². The van der Waals surface area contributed by atoms with E-state index in [4.69, 9.17) is 0 Å². The van der Waals surface area contributed by atoms with Crippen LogP contribution < -0.4 is 0 Å². The van der Waals surface area contributed by atoms with Crippen LogP contribution in [0, 0.1) is 0 Å². The van der Waals surface area contributed by atoms with Crippen molar-refractivity contribution >= 4 is 47.4 Å². The molecule has 0 nitrogen and oxygen atoms in total. The number of fused-ring (bicyclic) bond motifs is 3. The van der Waals surface area contributed by atoms with Crippen molar-refractivity contribution < 1.29 is 0 Å². The van der Waals surface area contributed by atoms with Crippen molar-refractivity contribution in [3.8, 4) is 33.4 Å². The number of thiophene rings is 1. The molecule has 0 aliphatic heterocycles. The van der Waals surface area contributed by atoms with Gasteiger partial charge in [-0.1, -0.05) is 119 Å². The Morgan fingerprint density at radius 1 is 0.438 bits per heavy atom. The molecule has 6 aromatic rings. The lowest BCUT2D eigenvalue weighted by atomic mass is 9.97. The van der Waals surface area contributed by atoms with Gasteiger partial charge in [0.15, 0.2) is 0 Å². The van der Waals surface area contributed by atoms with Crippen LogP contribution in [0.25, 0.3) is 53.6 Å². The first-order valence-corrected chi connectivity index (χ1v) is 12.3. The molecule has 0 bridgehead atoms. The quantitative estimate of drug-likeness (QED) is 0.231. The third-order valence-electron chi connectivity index (χ3n) is 5.97. The largest absolute Gasteiger partial charge is 0.134 e. The summed E-state index contributed by atoms with van der Waals surface area (Å²) in [7, 11) is 0. The van der Waals surface area contributed by atoms with E-state index in [0.717, 1.165) is 4.47 Å². The smallest absolute Gasteiger partial charge is 0.0434 e. The normalized spacial score (nSPS) is 11.3.